The van der Waals surface area contributed by atoms with E-state index in [0.717, 1.165) is 16.9 Å². The number of anilines is 2. The normalized spacial score (nSPS) is 12.2. The number of nitrogens with zero attached hydrogens (tertiary/aromatic N) is 1. The molecule has 0 saturated carbocycles. The maximum atomic E-state index is 3.87. The number of aromatic nitrogens is 1. The first kappa shape index (κ1) is 25.2. The zero-order chi connectivity index (χ0) is 27.5. The van der Waals surface area contributed by atoms with E-state index < -0.39 is 0 Å². The second-order valence-corrected chi connectivity index (χ2v) is 10.1. The van der Waals surface area contributed by atoms with E-state index in [2.05, 4.69) is 158 Å². The van der Waals surface area contributed by atoms with E-state index >= 15 is 0 Å². The number of hydrogen-bond donors (Lipinski definition) is 1. The van der Waals surface area contributed by atoms with Crippen LogP contribution < -0.4 is 5.32 Å². The average molecular weight is 517 g/mol. The van der Waals surface area contributed by atoms with Crippen molar-refractivity contribution < 1.29 is 0 Å². The zero-order valence-corrected chi connectivity index (χ0v) is 22.9. The van der Waals surface area contributed by atoms with Crippen LogP contribution in [0.2, 0.25) is 0 Å². The van der Waals surface area contributed by atoms with Crippen molar-refractivity contribution in [2.75, 3.05) is 5.32 Å². The second kappa shape index (κ2) is 11.0. The van der Waals surface area contributed by atoms with Crippen molar-refractivity contribution in [3.05, 3.63) is 152 Å². The average Bonchev–Trinajstić information content (AvgIpc) is 3.34. The lowest BCUT2D eigenvalue weighted by Gasteiger charge is -2.13. The Bertz CT molecular complexity index is 1880. The molecule has 2 heteroatoms. The number of nitrogens with one attached hydrogen (secondary N) is 1. The third-order valence-corrected chi connectivity index (χ3v) is 7.44. The van der Waals surface area contributed by atoms with E-state index in [0.29, 0.717) is 0 Å². The SMILES string of the molecule is C=C/C(C)=C/C=C(\C)n1c2ccccc2c2cc(-c3ccc(Nc4ccccc4-c4ccccc4)cc3)ccc21. The standard InChI is InChI=1S/C38H32N2/c1-4-27(2)18-19-28(3)40-37-17-11-9-15-34(37)35-26-31(22-25-38(35)40)29-20-23-32(24-21-29)39-36-16-10-8-14-33(36)30-12-6-5-7-13-30/h4-26,39H,1H2,2-3H3/b27-18+,28-19+. The summed E-state index contributed by atoms with van der Waals surface area (Å²) in [6, 6.07) is 43.1. The van der Waals surface area contributed by atoms with E-state index in [1.54, 1.807) is 0 Å². The van der Waals surface area contributed by atoms with Crippen LogP contribution in [-0.4, -0.2) is 4.57 Å². The third kappa shape index (κ3) is 4.88. The highest BCUT2D eigenvalue weighted by atomic mass is 15.0. The van der Waals surface area contributed by atoms with Crippen LogP contribution in [0.3, 0.4) is 0 Å². The molecule has 6 rings (SSSR count). The van der Waals surface area contributed by atoms with Crippen LogP contribution in [0.15, 0.2) is 152 Å². The molecule has 1 aromatic heterocycles. The van der Waals surface area contributed by atoms with Crippen molar-refractivity contribution >= 4 is 38.9 Å². The van der Waals surface area contributed by atoms with Gasteiger partial charge in [0.2, 0.25) is 0 Å². The first-order chi connectivity index (χ1) is 19.6. The highest BCUT2D eigenvalue weighted by Crippen LogP contribution is 2.35. The summed E-state index contributed by atoms with van der Waals surface area (Å²) in [5.74, 6) is 0. The molecule has 2 nitrogen and oxygen atoms in total. The van der Waals surface area contributed by atoms with Gasteiger partial charge in [-0.1, -0.05) is 109 Å². The number of allylic oxidation sites excluding steroid dienone is 5. The maximum Gasteiger partial charge on any atom is 0.0538 e. The summed E-state index contributed by atoms with van der Waals surface area (Å²) in [6.45, 7) is 8.10. The van der Waals surface area contributed by atoms with Crippen LogP contribution >= 0.6 is 0 Å². The van der Waals surface area contributed by atoms with Crippen molar-refractivity contribution in [3.8, 4) is 22.3 Å². The summed E-state index contributed by atoms with van der Waals surface area (Å²) in [5, 5.41) is 6.13. The van der Waals surface area contributed by atoms with Crippen LogP contribution in [0.1, 0.15) is 13.8 Å². The van der Waals surface area contributed by atoms with Crippen molar-refractivity contribution in [2.45, 2.75) is 13.8 Å². The van der Waals surface area contributed by atoms with Gasteiger partial charge in [-0.2, -0.15) is 0 Å². The number of benzene rings is 5. The summed E-state index contributed by atoms with van der Waals surface area (Å²) in [6.07, 6.45) is 6.16. The third-order valence-electron chi connectivity index (χ3n) is 7.44. The molecule has 194 valence electrons. The fourth-order valence-electron chi connectivity index (χ4n) is 5.29. The minimum Gasteiger partial charge on any atom is -0.355 e. The van der Waals surface area contributed by atoms with Gasteiger partial charge in [-0.15, -0.1) is 0 Å². The highest BCUT2D eigenvalue weighted by molar-refractivity contribution is 6.11. The highest BCUT2D eigenvalue weighted by Gasteiger charge is 2.13. The zero-order valence-electron chi connectivity index (χ0n) is 22.9. The van der Waals surface area contributed by atoms with Crippen molar-refractivity contribution in [1.82, 2.24) is 4.57 Å². The van der Waals surface area contributed by atoms with Gasteiger partial charge in [0.1, 0.15) is 0 Å². The maximum absolute atomic E-state index is 3.87. The minimum absolute atomic E-state index is 1.06. The number of rotatable bonds is 7. The smallest absolute Gasteiger partial charge is 0.0538 e. The molecule has 1 N–H and O–H groups in total. The summed E-state index contributed by atoms with van der Waals surface area (Å²) < 4.78 is 2.35. The monoisotopic (exact) mass is 516 g/mol. The Balaban J connectivity index is 1.34. The van der Waals surface area contributed by atoms with Gasteiger partial charge in [-0.05, 0) is 73.0 Å². The molecule has 0 aliphatic heterocycles. The Kier molecular flexibility index (Phi) is 6.91. The molecule has 0 fully saturated rings. The fraction of sp³-hybridized carbons (Fsp3) is 0.0526. The molecule has 5 aromatic carbocycles. The molecule has 6 aromatic rings. The molecule has 0 saturated heterocycles. The van der Waals surface area contributed by atoms with Crippen LogP contribution in [0.5, 0.6) is 0 Å². The summed E-state index contributed by atoms with van der Waals surface area (Å²) in [4.78, 5) is 0. The molecule has 0 radical (unpaired) electrons. The van der Waals surface area contributed by atoms with Gasteiger partial charge in [0.15, 0.2) is 0 Å². The second-order valence-electron chi connectivity index (χ2n) is 10.1. The van der Waals surface area contributed by atoms with Crippen molar-refractivity contribution in [1.29, 1.82) is 0 Å². The van der Waals surface area contributed by atoms with Gasteiger partial charge in [-0.3, -0.25) is 0 Å². The van der Waals surface area contributed by atoms with Gasteiger partial charge >= 0.3 is 0 Å². The molecule has 0 aliphatic rings. The molecular formula is C38H32N2. The Hall–Kier alpha value is -5.08. The fourth-order valence-corrected chi connectivity index (χ4v) is 5.29. The molecule has 1 heterocycles. The molecule has 0 amide bonds. The molecular weight excluding hydrogens is 484 g/mol. The number of fused-ring (bicyclic) bond motifs is 3. The van der Waals surface area contributed by atoms with Crippen LogP contribution in [-0.2, 0) is 0 Å². The Morgan fingerprint density at radius 3 is 2.10 bits per heavy atom. The summed E-state index contributed by atoms with van der Waals surface area (Å²) in [5.41, 5.74) is 11.7. The molecule has 0 bridgehead atoms. The number of hydrogen-bond acceptors (Lipinski definition) is 1. The molecule has 0 spiro atoms. The van der Waals surface area contributed by atoms with Crippen LogP contribution in [0, 0.1) is 0 Å². The van der Waals surface area contributed by atoms with E-state index in [9.17, 15) is 0 Å². The molecule has 40 heavy (non-hydrogen) atoms. The predicted molar refractivity (Wildman–Crippen MR) is 174 cm³/mol. The van der Waals surface area contributed by atoms with Gasteiger partial charge in [0, 0.05) is 33.4 Å². The van der Waals surface area contributed by atoms with Crippen molar-refractivity contribution in [3.63, 3.8) is 0 Å². The topological polar surface area (TPSA) is 17.0 Å². The minimum atomic E-state index is 1.06. The van der Waals surface area contributed by atoms with Gasteiger partial charge in [0.25, 0.3) is 0 Å². The van der Waals surface area contributed by atoms with Crippen LogP contribution in [0.25, 0.3) is 49.8 Å². The Morgan fingerprint density at radius 2 is 1.30 bits per heavy atom. The lowest BCUT2D eigenvalue weighted by atomic mass is 10.0. The van der Waals surface area contributed by atoms with Gasteiger partial charge in [-0.25, -0.2) is 0 Å². The van der Waals surface area contributed by atoms with E-state index in [4.69, 9.17) is 0 Å². The van der Waals surface area contributed by atoms with E-state index in [-0.39, 0.29) is 0 Å². The molecule has 0 atom stereocenters. The van der Waals surface area contributed by atoms with Crippen LogP contribution in [0.4, 0.5) is 11.4 Å². The quantitative estimate of drug-likeness (QED) is 0.209. The predicted octanol–water partition coefficient (Wildman–Crippen LogP) is 10.9. The Morgan fingerprint density at radius 1 is 0.625 bits per heavy atom. The largest absolute Gasteiger partial charge is 0.355 e. The number of para-hydroxylation sites is 2. The first-order valence-corrected chi connectivity index (χ1v) is 13.7. The van der Waals surface area contributed by atoms with E-state index in [1.165, 1.54) is 49.8 Å². The lowest BCUT2D eigenvalue weighted by molar-refractivity contribution is 1.20. The molecule has 0 aliphatic carbocycles. The van der Waals surface area contributed by atoms with Gasteiger partial charge < -0.3 is 9.88 Å². The Labute approximate surface area is 236 Å². The van der Waals surface area contributed by atoms with Crippen molar-refractivity contribution in [2.24, 2.45) is 0 Å². The summed E-state index contributed by atoms with van der Waals surface area (Å²) >= 11 is 0. The van der Waals surface area contributed by atoms with Gasteiger partial charge in [0.05, 0.1) is 11.0 Å². The van der Waals surface area contributed by atoms with E-state index in [1.807, 2.05) is 12.1 Å². The molecule has 0 unspecified atom stereocenters. The lowest BCUT2D eigenvalue weighted by Crippen LogP contribution is -1.93. The summed E-state index contributed by atoms with van der Waals surface area (Å²) in [7, 11) is 0. The first-order valence-electron chi connectivity index (χ1n) is 13.7.